The van der Waals surface area contributed by atoms with Gasteiger partial charge in [0.2, 0.25) is 0 Å². The molecular formula is C30H29N3O4S2. The Morgan fingerprint density at radius 1 is 0.564 bits per heavy atom. The van der Waals surface area contributed by atoms with E-state index in [4.69, 9.17) is 0 Å². The van der Waals surface area contributed by atoms with E-state index in [9.17, 15) is 16.8 Å². The number of fused-ring (bicyclic) bond motifs is 6. The number of benzene rings is 4. The van der Waals surface area contributed by atoms with Crippen LogP contribution in [-0.2, 0) is 20.0 Å². The van der Waals surface area contributed by atoms with Crippen LogP contribution in [0.5, 0.6) is 0 Å². The van der Waals surface area contributed by atoms with Gasteiger partial charge in [0.25, 0.3) is 20.0 Å². The lowest BCUT2D eigenvalue weighted by atomic mass is 9.96. The highest BCUT2D eigenvalue weighted by Gasteiger charge is 2.53. The second kappa shape index (κ2) is 9.22. The molecule has 2 bridgehead atoms. The molecule has 4 aromatic rings. The molecular weight excluding hydrogens is 530 g/mol. The zero-order valence-corrected chi connectivity index (χ0v) is 23.5. The number of nitrogens with zero attached hydrogens (tertiary/aromatic N) is 3. The van der Waals surface area contributed by atoms with Crippen LogP contribution in [0.3, 0.4) is 0 Å². The van der Waals surface area contributed by atoms with Crippen molar-refractivity contribution >= 4 is 31.4 Å². The van der Waals surface area contributed by atoms with Crippen molar-refractivity contribution in [3.8, 4) is 0 Å². The molecule has 9 heteroatoms. The van der Waals surface area contributed by atoms with E-state index in [1.165, 1.54) is 8.61 Å². The van der Waals surface area contributed by atoms with E-state index < -0.39 is 32.4 Å². The summed E-state index contributed by atoms with van der Waals surface area (Å²) < 4.78 is 60.2. The van der Waals surface area contributed by atoms with E-state index in [2.05, 4.69) is 0 Å². The highest BCUT2D eigenvalue weighted by molar-refractivity contribution is 7.93. The van der Waals surface area contributed by atoms with Crippen LogP contribution in [0.15, 0.2) is 107 Å². The van der Waals surface area contributed by atoms with Gasteiger partial charge in [0.05, 0.1) is 21.2 Å². The molecule has 0 radical (unpaired) electrons. The van der Waals surface area contributed by atoms with E-state index in [0.29, 0.717) is 29.0 Å². The molecule has 6 rings (SSSR count). The van der Waals surface area contributed by atoms with Gasteiger partial charge in [-0.15, -0.1) is 0 Å². The number of hydrogen-bond acceptors (Lipinski definition) is 5. The first kappa shape index (κ1) is 25.6. The molecule has 2 atom stereocenters. The lowest BCUT2D eigenvalue weighted by Crippen LogP contribution is -2.58. The minimum Gasteiger partial charge on any atom is -0.254 e. The first-order chi connectivity index (χ1) is 18.7. The zero-order chi connectivity index (χ0) is 27.5. The van der Waals surface area contributed by atoms with Crippen molar-refractivity contribution in [2.45, 2.75) is 42.9 Å². The second-order valence-corrected chi connectivity index (χ2v) is 13.6. The van der Waals surface area contributed by atoms with Crippen LogP contribution in [-0.4, -0.2) is 28.3 Å². The Kier molecular flexibility index (Phi) is 6.05. The Balaban J connectivity index is 1.64. The maximum atomic E-state index is 14.3. The average Bonchev–Trinajstić information content (AvgIpc) is 2.93. The third-order valence-electron chi connectivity index (χ3n) is 7.50. The van der Waals surface area contributed by atoms with Gasteiger partial charge < -0.3 is 0 Å². The Morgan fingerprint density at radius 2 is 0.923 bits per heavy atom. The van der Waals surface area contributed by atoms with Crippen LogP contribution in [0.25, 0.3) is 0 Å². The highest BCUT2D eigenvalue weighted by atomic mass is 32.2. The van der Waals surface area contributed by atoms with Gasteiger partial charge in [0.1, 0.15) is 12.3 Å². The second-order valence-electron chi connectivity index (χ2n) is 9.92. The normalized spacial score (nSPS) is 18.9. The van der Waals surface area contributed by atoms with Crippen LogP contribution >= 0.6 is 0 Å². The maximum absolute atomic E-state index is 14.3. The summed E-state index contributed by atoms with van der Waals surface area (Å²) in [5.74, 6) is 0. The number of hydrogen-bond donors (Lipinski definition) is 0. The van der Waals surface area contributed by atoms with Crippen LogP contribution in [0.1, 0.15) is 41.5 Å². The summed E-state index contributed by atoms with van der Waals surface area (Å²) in [6, 6.07) is 28.0. The largest absolute Gasteiger partial charge is 0.265 e. The smallest absolute Gasteiger partial charge is 0.254 e. The Bertz CT molecular complexity index is 1640. The van der Waals surface area contributed by atoms with E-state index >= 15 is 0 Å². The fourth-order valence-corrected chi connectivity index (χ4v) is 8.86. The molecule has 0 amide bonds. The predicted octanol–water partition coefficient (Wildman–Crippen LogP) is 5.74. The molecule has 0 aliphatic carbocycles. The molecule has 0 spiro atoms. The van der Waals surface area contributed by atoms with Crippen molar-refractivity contribution in [3.63, 3.8) is 0 Å². The first-order valence-electron chi connectivity index (χ1n) is 12.8. The van der Waals surface area contributed by atoms with Crippen molar-refractivity contribution < 1.29 is 16.8 Å². The summed E-state index contributed by atoms with van der Waals surface area (Å²) in [5.41, 5.74) is 4.08. The molecule has 4 aromatic carbocycles. The maximum Gasteiger partial charge on any atom is 0.265 e. The minimum atomic E-state index is -4.01. The van der Waals surface area contributed by atoms with Gasteiger partial charge in [-0.05, 0) is 56.8 Å². The van der Waals surface area contributed by atoms with Gasteiger partial charge in [-0.1, -0.05) is 78.7 Å². The van der Waals surface area contributed by atoms with E-state index in [1.54, 1.807) is 72.8 Å². The molecule has 0 N–H and O–H groups in total. The van der Waals surface area contributed by atoms with E-state index in [0.717, 1.165) is 11.1 Å². The summed E-state index contributed by atoms with van der Waals surface area (Å²) in [7, 11) is -8.03. The molecule has 2 aliphatic heterocycles. The van der Waals surface area contributed by atoms with E-state index in [1.807, 2.05) is 49.9 Å². The molecule has 0 saturated carbocycles. The fourth-order valence-electron chi connectivity index (χ4n) is 5.61. The van der Waals surface area contributed by atoms with Crippen LogP contribution < -0.4 is 8.61 Å². The van der Waals surface area contributed by atoms with Gasteiger partial charge in [-0.2, -0.15) is 0 Å². The van der Waals surface area contributed by atoms with Crippen molar-refractivity contribution in [2.75, 3.05) is 15.2 Å². The first-order valence-corrected chi connectivity index (χ1v) is 15.7. The molecule has 2 aliphatic rings. The van der Waals surface area contributed by atoms with Gasteiger partial charge in [0.15, 0.2) is 0 Å². The number of para-hydroxylation sites is 2. The fraction of sp³-hybridized carbons (Fsp3) is 0.200. The number of anilines is 2. The molecule has 0 saturated heterocycles. The van der Waals surface area contributed by atoms with Crippen molar-refractivity contribution in [2.24, 2.45) is 0 Å². The van der Waals surface area contributed by atoms with Crippen molar-refractivity contribution in [1.29, 1.82) is 0 Å². The lowest BCUT2D eigenvalue weighted by molar-refractivity contribution is 0.131. The molecule has 39 heavy (non-hydrogen) atoms. The standard InChI is InChI=1S/C30H29N3O4S2/c1-4-31-29-26-10-6-8-12-28(26)33(39(36,37)24-19-15-22(3)16-20-24)30(31)25-9-5-7-11-27(25)32(29)38(34,35)23-17-13-21(2)14-18-23/h5-20,29-30H,4H2,1-3H3/t29-,30+. The van der Waals surface area contributed by atoms with Crippen molar-refractivity contribution in [3.05, 3.63) is 119 Å². The zero-order valence-electron chi connectivity index (χ0n) is 21.9. The summed E-state index contributed by atoms with van der Waals surface area (Å²) in [6.07, 6.45) is -1.47. The third kappa shape index (κ3) is 3.87. The van der Waals surface area contributed by atoms with Gasteiger partial charge >= 0.3 is 0 Å². The minimum absolute atomic E-state index is 0.185. The number of aryl methyl sites for hydroxylation is 2. The monoisotopic (exact) mass is 559 g/mol. The van der Waals surface area contributed by atoms with Gasteiger partial charge in [0, 0.05) is 11.1 Å². The van der Waals surface area contributed by atoms with Gasteiger partial charge in [-0.3, -0.25) is 4.90 Å². The van der Waals surface area contributed by atoms with Crippen molar-refractivity contribution in [1.82, 2.24) is 4.90 Å². The van der Waals surface area contributed by atoms with Crippen LogP contribution in [0.2, 0.25) is 0 Å². The Labute approximate surface area is 230 Å². The molecule has 0 unspecified atom stereocenters. The molecule has 7 nitrogen and oxygen atoms in total. The molecule has 2 heterocycles. The average molecular weight is 560 g/mol. The summed E-state index contributed by atoms with van der Waals surface area (Å²) in [4.78, 5) is 2.32. The molecule has 0 fully saturated rings. The Hall–Kier alpha value is -3.66. The third-order valence-corrected chi connectivity index (χ3v) is 11.1. The summed E-state index contributed by atoms with van der Waals surface area (Å²) in [6.45, 7) is 6.17. The SMILES string of the molecule is CCN1[C@H]2c3ccccc3N(S(=O)(=O)c3ccc(C)cc3)[C@H]1c1ccccc1N2S(=O)(=O)c1ccc(C)cc1. The summed E-state index contributed by atoms with van der Waals surface area (Å²) in [5, 5.41) is 0. The topological polar surface area (TPSA) is 78.0 Å². The number of sulfonamides is 2. The van der Waals surface area contributed by atoms with E-state index in [-0.39, 0.29) is 9.79 Å². The van der Waals surface area contributed by atoms with Gasteiger partial charge in [-0.25, -0.2) is 25.4 Å². The lowest BCUT2D eigenvalue weighted by Gasteiger charge is -2.55. The molecule has 0 aromatic heterocycles. The Morgan fingerprint density at radius 3 is 1.28 bits per heavy atom. The van der Waals surface area contributed by atoms with Crippen LogP contribution in [0.4, 0.5) is 11.4 Å². The summed E-state index contributed by atoms with van der Waals surface area (Å²) >= 11 is 0. The quantitative estimate of drug-likeness (QED) is 0.312. The van der Waals surface area contributed by atoms with Crippen LogP contribution in [0, 0.1) is 13.8 Å². The molecule has 200 valence electrons. The number of rotatable bonds is 5. The highest BCUT2D eigenvalue weighted by Crippen LogP contribution is 2.56. The predicted molar refractivity (Wildman–Crippen MR) is 152 cm³/mol.